The van der Waals surface area contributed by atoms with Crippen LogP contribution >= 0.6 is 23.7 Å². The molecule has 0 aliphatic heterocycles. The van der Waals surface area contributed by atoms with E-state index in [4.69, 9.17) is 5.73 Å². The summed E-state index contributed by atoms with van der Waals surface area (Å²) in [6.07, 6.45) is 2.15. The van der Waals surface area contributed by atoms with E-state index in [1.165, 1.54) is 11.3 Å². The highest BCUT2D eigenvalue weighted by molar-refractivity contribution is 7.91. The van der Waals surface area contributed by atoms with E-state index in [9.17, 15) is 8.42 Å². The fourth-order valence-corrected chi connectivity index (χ4v) is 4.98. The van der Waals surface area contributed by atoms with E-state index in [0.717, 1.165) is 23.3 Å². The van der Waals surface area contributed by atoms with Gasteiger partial charge in [-0.1, -0.05) is 0 Å². The van der Waals surface area contributed by atoms with Crippen molar-refractivity contribution in [3.8, 4) is 0 Å². The molecule has 1 heterocycles. The van der Waals surface area contributed by atoms with E-state index >= 15 is 0 Å². The van der Waals surface area contributed by atoms with Crippen molar-refractivity contribution >= 4 is 33.8 Å². The molecule has 1 aliphatic carbocycles. The Kier molecular flexibility index (Phi) is 5.20. The van der Waals surface area contributed by atoms with E-state index < -0.39 is 10.0 Å². The van der Waals surface area contributed by atoms with Crippen molar-refractivity contribution in [1.29, 1.82) is 0 Å². The van der Waals surface area contributed by atoms with Crippen LogP contribution < -0.4 is 10.5 Å². The van der Waals surface area contributed by atoms with Crippen LogP contribution in [0, 0.1) is 19.8 Å². The van der Waals surface area contributed by atoms with Crippen molar-refractivity contribution < 1.29 is 8.42 Å². The molecule has 0 spiro atoms. The average Bonchev–Trinajstić information content (AvgIpc) is 3.01. The number of hydrogen-bond donors (Lipinski definition) is 2. The maximum Gasteiger partial charge on any atom is 0.250 e. The summed E-state index contributed by atoms with van der Waals surface area (Å²) in [5.74, 6) is 0.427. The molecule has 0 radical (unpaired) electrons. The van der Waals surface area contributed by atoms with Crippen molar-refractivity contribution in [2.24, 2.45) is 11.7 Å². The molecule has 7 heteroatoms. The summed E-state index contributed by atoms with van der Waals surface area (Å²) in [5, 5.41) is 0. The van der Waals surface area contributed by atoms with Gasteiger partial charge in [-0.2, -0.15) is 0 Å². The molecular formula is C11H19ClN2O2S2. The Morgan fingerprint density at radius 3 is 2.50 bits per heavy atom. The molecule has 4 nitrogen and oxygen atoms in total. The standard InChI is InChI=1S/C11H18N2O2S2.ClH/c1-7-5-8(2)16-11(7)17(14,15)13-10(6-12)9-3-4-9;/h5,9-10,13H,3-4,6,12H2,1-2H3;1H. The predicted octanol–water partition coefficient (Wildman–Crippen LogP) is 1.80. The van der Waals surface area contributed by atoms with Crippen molar-refractivity contribution in [2.75, 3.05) is 6.54 Å². The lowest BCUT2D eigenvalue weighted by Gasteiger charge is -2.15. The van der Waals surface area contributed by atoms with Gasteiger partial charge in [-0.25, -0.2) is 13.1 Å². The van der Waals surface area contributed by atoms with Gasteiger partial charge in [-0.05, 0) is 44.2 Å². The first-order valence-corrected chi connectivity index (χ1v) is 8.03. The van der Waals surface area contributed by atoms with Gasteiger partial charge in [0.25, 0.3) is 10.0 Å². The smallest absolute Gasteiger partial charge is 0.250 e. The highest BCUT2D eigenvalue weighted by Gasteiger charge is 2.34. The molecule has 0 bridgehead atoms. The molecule has 1 atom stereocenters. The molecule has 0 aromatic carbocycles. The summed E-state index contributed by atoms with van der Waals surface area (Å²) in [5.41, 5.74) is 6.43. The third-order valence-corrected chi connectivity index (χ3v) is 6.27. The predicted molar refractivity (Wildman–Crippen MR) is 76.9 cm³/mol. The largest absolute Gasteiger partial charge is 0.329 e. The maximum atomic E-state index is 12.2. The molecule has 18 heavy (non-hydrogen) atoms. The van der Waals surface area contributed by atoms with Gasteiger partial charge in [0.05, 0.1) is 0 Å². The second-order valence-electron chi connectivity index (χ2n) is 4.63. The Hall–Kier alpha value is -0.140. The Balaban J connectivity index is 0.00000162. The first-order valence-electron chi connectivity index (χ1n) is 5.73. The van der Waals surface area contributed by atoms with Crippen molar-refractivity contribution in [3.63, 3.8) is 0 Å². The zero-order chi connectivity index (χ0) is 12.6. The summed E-state index contributed by atoms with van der Waals surface area (Å²) in [7, 11) is -3.40. The monoisotopic (exact) mass is 310 g/mol. The molecule has 1 aromatic rings. The summed E-state index contributed by atoms with van der Waals surface area (Å²) >= 11 is 1.31. The fourth-order valence-electron chi connectivity index (χ4n) is 1.97. The Morgan fingerprint density at radius 2 is 2.11 bits per heavy atom. The fraction of sp³-hybridized carbons (Fsp3) is 0.636. The molecule has 1 saturated carbocycles. The zero-order valence-electron chi connectivity index (χ0n) is 10.5. The first kappa shape index (κ1) is 15.9. The number of halogens is 1. The quantitative estimate of drug-likeness (QED) is 0.871. The number of nitrogens with two attached hydrogens (primary N) is 1. The second-order valence-corrected chi connectivity index (χ2v) is 7.79. The molecule has 1 aliphatic rings. The van der Waals surface area contributed by atoms with Crippen LogP contribution in [-0.2, 0) is 10.0 Å². The molecule has 104 valence electrons. The van der Waals surface area contributed by atoms with E-state index in [-0.39, 0.29) is 18.4 Å². The minimum atomic E-state index is -3.40. The van der Waals surface area contributed by atoms with Gasteiger partial charge in [-0.3, -0.25) is 0 Å². The van der Waals surface area contributed by atoms with Crippen LogP contribution in [-0.4, -0.2) is 21.0 Å². The summed E-state index contributed by atoms with van der Waals surface area (Å²) in [6, 6.07) is 1.79. The van der Waals surface area contributed by atoms with Crippen LogP contribution in [0.25, 0.3) is 0 Å². The highest BCUT2D eigenvalue weighted by atomic mass is 35.5. The third kappa shape index (κ3) is 3.45. The third-order valence-electron chi connectivity index (χ3n) is 2.99. The summed E-state index contributed by atoms with van der Waals surface area (Å²) in [6.45, 7) is 4.11. The number of rotatable bonds is 5. The Bertz CT molecular complexity index is 509. The number of hydrogen-bond acceptors (Lipinski definition) is 4. The SMILES string of the molecule is Cc1cc(C)c(S(=O)(=O)NC(CN)C2CC2)s1.Cl. The van der Waals surface area contributed by atoms with E-state index in [2.05, 4.69) is 4.72 Å². The van der Waals surface area contributed by atoms with Gasteiger partial charge in [0.15, 0.2) is 0 Å². The van der Waals surface area contributed by atoms with Crippen LogP contribution in [0.3, 0.4) is 0 Å². The van der Waals surface area contributed by atoms with Crippen LogP contribution in [0.2, 0.25) is 0 Å². The molecule has 1 fully saturated rings. The van der Waals surface area contributed by atoms with Gasteiger partial charge >= 0.3 is 0 Å². The van der Waals surface area contributed by atoms with Crippen LogP contribution in [0.5, 0.6) is 0 Å². The molecular weight excluding hydrogens is 292 g/mol. The second kappa shape index (κ2) is 5.88. The van der Waals surface area contributed by atoms with Crippen molar-refractivity contribution in [1.82, 2.24) is 4.72 Å². The molecule has 2 rings (SSSR count). The van der Waals surface area contributed by atoms with Gasteiger partial charge in [0.1, 0.15) is 4.21 Å². The average molecular weight is 311 g/mol. The number of sulfonamides is 1. The van der Waals surface area contributed by atoms with Crippen LogP contribution in [0.4, 0.5) is 0 Å². The van der Waals surface area contributed by atoms with Crippen LogP contribution in [0.1, 0.15) is 23.3 Å². The Morgan fingerprint density at radius 1 is 1.50 bits per heavy atom. The molecule has 1 aromatic heterocycles. The van der Waals surface area contributed by atoms with Crippen molar-refractivity contribution in [2.45, 2.75) is 36.9 Å². The Labute approximate surface area is 118 Å². The molecule has 1 unspecified atom stereocenters. The summed E-state index contributed by atoms with van der Waals surface area (Å²) in [4.78, 5) is 1.01. The van der Waals surface area contributed by atoms with Gasteiger partial charge in [0.2, 0.25) is 0 Å². The lowest BCUT2D eigenvalue weighted by atomic mass is 10.2. The number of thiophene rings is 1. The van der Waals surface area contributed by atoms with Gasteiger partial charge in [0, 0.05) is 17.5 Å². The minimum Gasteiger partial charge on any atom is -0.329 e. The highest BCUT2D eigenvalue weighted by Crippen LogP contribution is 2.33. The number of nitrogens with one attached hydrogen (secondary N) is 1. The van der Waals surface area contributed by atoms with E-state index in [1.807, 2.05) is 19.9 Å². The normalized spacial score (nSPS) is 17.3. The first-order chi connectivity index (χ1) is 7.94. The molecule has 3 N–H and O–H groups in total. The molecule has 0 amide bonds. The lowest BCUT2D eigenvalue weighted by molar-refractivity contribution is 0.520. The topological polar surface area (TPSA) is 72.2 Å². The van der Waals surface area contributed by atoms with Crippen LogP contribution in [0.15, 0.2) is 10.3 Å². The van der Waals surface area contributed by atoms with E-state index in [1.54, 1.807) is 0 Å². The summed E-state index contributed by atoms with van der Waals surface area (Å²) < 4.78 is 27.6. The van der Waals surface area contributed by atoms with Crippen molar-refractivity contribution in [3.05, 3.63) is 16.5 Å². The lowest BCUT2D eigenvalue weighted by Crippen LogP contribution is -2.41. The van der Waals surface area contributed by atoms with Gasteiger partial charge in [-0.15, -0.1) is 23.7 Å². The molecule has 0 saturated heterocycles. The minimum absolute atomic E-state index is 0. The maximum absolute atomic E-state index is 12.2. The van der Waals surface area contributed by atoms with Gasteiger partial charge < -0.3 is 5.73 Å². The zero-order valence-corrected chi connectivity index (χ0v) is 12.9. The number of aryl methyl sites for hydroxylation is 2. The van der Waals surface area contributed by atoms with E-state index in [0.29, 0.717) is 16.7 Å².